The monoisotopic (exact) mass is 467 g/mol. The van der Waals surface area contributed by atoms with E-state index in [9.17, 15) is 18.0 Å². The van der Waals surface area contributed by atoms with Gasteiger partial charge in [0.05, 0.1) is 15.6 Å². The van der Waals surface area contributed by atoms with Crippen LogP contribution in [0.15, 0.2) is 41.3 Å². The second kappa shape index (κ2) is 8.13. The highest BCUT2D eigenvalue weighted by molar-refractivity contribution is 8.00. The molecule has 0 aliphatic carbocycles. The number of hydrogen-bond donors (Lipinski definition) is 0. The molecule has 8 heteroatoms. The Hall–Kier alpha value is -2.06. The molecule has 0 bridgehead atoms. The summed E-state index contributed by atoms with van der Waals surface area (Å²) in [5, 5.41) is 0.717. The van der Waals surface area contributed by atoms with Crippen molar-refractivity contribution in [3.8, 4) is 10.6 Å². The Morgan fingerprint density at radius 2 is 1.65 bits per heavy atom. The largest absolute Gasteiger partial charge is 0.459 e. The second-order valence-electron chi connectivity index (χ2n) is 8.86. The smallest absolute Gasteiger partial charge is 0.446 e. The zero-order valence-corrected chi connectivity index (χ0v) is 19.8. The maximum Gasteiger partial charge on any atom is 0.446 e. The van der Waals surface area contributed by atoms with Crippen LogP contribution in [0.2, 0.25) is 0 Å². The normalized spacial score (nSPS) is 12.9. The van der Waals surface area contributed by atoms with Crippen LogP contribution in [-0.2, 0) is 14.9 Å². The molecule has 0 aliphatic rings. The number of aryl methyl sites for hydroxylation is 1. The lowest BCUT2D eigenvalue weighted by Gasteiger charge is -2.29. The SMILES string of the molecule is Cc1cc(C(C)(C)C(=O)OC(C)(C)C)cc2sc(-c3ccc(SC(F)(F)F)cc3)nc12. The second-order valence-corrected chi connectivity index (χ2v) is 11.0. The molecule has 0 spiro atoms. The highest BCUT2D eigenvalue weighted by Gasteiger charge is 2.35. The number of aromatic nitrogens is 1. The zero-order valence-electron chi connectivity index (χ0n) is 18.2. The maximum absolute atomic E-state index is 12.8. The highest BCUT2D eigenvalue weighted by Crippen LogP contribution is 2.39. The van der Waals surface area contributed by atoms with E-state index in [4.69, 9.17) is 4.74 Å². The summed E-state index contributed by atoms with van der Waals surface area (Å²) < 4.78 is 44.2. The first-order valence-electron chi connectivity index (χ1n) is 9.67. The van der Waals surface area contributed by atoms with E-state index in [1.165, 1.54) is 23.5 Å². The Balaban J connectivity index is 1.95. The lowest BCUT2D eigenvalue weighted by Crippen LogP contribution is -2.36. The molecule has 166 valence electrons. The number of halogens is 3. The quantitative estimate of drug-likeness (QED) is 0.294. The molecule has 31 heavy (non-hydrogen) atoms. The molecule has 0 fully saturated rings. The standard InChI is InChI=1S/C23H24F3NO2S2/c1-13-11-15(22(5,6)20(28)29-21(2,3)4)12-17-18(13)27-19(30-17)14-7-9-16(10-8-14)31-23(24,25)26/h7-12H,1-6H3. The number of benzene rings is 2. The van der Waals surface area contributed by atoms with Crippen LogP contribution in [-0.4, -0.2) is 22.1 Å². The van der Waals surface area contributed by atoms with Crippen LogP contribution < -0.4 is 0 Å². The van der Waals surface area contributed by atoms with E-state index >= 15 is 0 Å². The topological polar surface area (TPSA) is 39.2 Å². The number of ether oxygens (including phenoxy) is 1. The molecule has 1 aromatic heterocycles. The summed E-state index contributed by atoms with van der Waals surface area (Å²) in [5.41, 5.74) is -2.41. The number of nitrogens with zero attached hydrogens (tertiary/aromatic N) is 1. The minimum Gasteiger partial charge on any atom is -0.459 e. The number of fused-ring (bicyclic) bond motifs is 1. The first-order valence-corrected chi connectivity index (χ1v) is 11.3. The maximum atomic E-state index is 12.8. The van der Waals surface area contributed by atoms with E-state index < -0.39 is 16.5 Å². The summed E-state index contributed by atoms with van der Waals surface area (Å²) in [7, 11) is 0. The molecule has 3 nitrogen and oxygen atoms in total. The third-order valence-electron chi connectivity index (χ3n) is 4.65. The Morgan fingerprint density at radius 3 is 2.19 bits per heavy atom. The van der Waals surface area contributed by atoms with Gasteiger partial charge in [0, 0.05) is 10.5 Å². The van der Waals surface area contributed by atoms with Crippen LogP contribution in [0.3, 0.4) is 0 Å². The number of thioether (sulfide) groups is 1. The van der Waals surface area contributed by atoms with Gasteiger partial charge in [0.15, 0.2) is 0 Å². The molecule has 0 amide bonds. The highest BCUT2D eigenvalue weighted by atomic mass is 32.2. The van der Waals surface area contributed by atoms with Gasteiger partial charge in [0.1, 0.15) is 10.6 Å². The van der Waals surface area contributed by atoms with Gasteiger partial charge in [-0.2, -0.15) is 13.2 Å². The number of rotatable bonds is 4. The summed E-state index contributed by atoms with van der Waals surface area (Å²) in [6.07, 6.45) is 0. The van der Waals surface area contributed by atoms with Crippen molar-refractivity contribution in [3.63, 3.8) is 0 Å². The Bertz CT molecular complexity index is 1110. The first kappa shape index (κ1) is 23.6. The molecule has 3 aromatic rings. The van der Waals surface area contributed by atoms with Gasteiger partial charge < -0.3 is 4.74 Å². The molecule has 3 rings (SSSR count). The predicted molar refractivity (Wildman–Crippen MR) is 121 cm³/mol. The number of esters is 1. The Labute approximate surface area is 188 Å². The summed E-state index contributed by atoms with van der Waals surface area (Å²) in [6, 6.07) is 10.1. The van der Waals surface area contributed by atoms with Crippen LogP contribution in [0, 0.1) is 6.92 Å². The minimum atomic E-state index is -4.31. The van der Waals surface area contributed by atoms with Crippen LogP contribution in [0.4, 0.5) is 13.2 Å². The van der Waals surface area contributed by atoms with Crippen LogP contribution in [0.5, 0.6) is 0 Å². The molecule has 0 saturated carbocycles. The Kier molecular flexibility index (Phi) is 6.19. The number of carbonyl (C=O) groups is 1. The Morgan fingerprint density at radius 1 is 1.03 bits per heavy atom. The van der Waals surface area contributed by atoms with E-state index in [0.717, 1.165) is 26.9 Å². The third kappa shape index (κ3) is 5.60. The van der Waals surface area contributed by atoms with Crippen molar-refractivity contribution >= 4 is 39.3 Å². The zero-order chi connectivity index (χ0) is 23.2. The van der Waals surface area contributed by atoms with Crippen molar-refractivity contribution in [1.29, 1.82) is 0 Å². The van der Waals surface area contributed by atoms with E-state index in [2.05, 4.69) is 4.98 Å². The van der Waals surface area contributed by atoms with Gasteiger partial charge in [-0.25, -0.2) is 4.98 Å². The van der Waals surface area contributed by atoms with Gasteiger partial charge >= 0.3 is 11.5 Å². The van der Waals surface area contributed by atoms with Crippen LogP contribution >= 0.6 is 23.1 Å². The number of alkyl halides is 3. The fourth-order valence-corrected chi connectivity index (χ4v) is 4.63. The molecule has 0 unspecified atom stereocenters. The van der Waals surface area contributed by atoms with E-state index in [1.54, 1.807) is 12.1 Å². The van der Waals surface area contributed by atoms with Crippen molar-refractivity contribution in [3.05, 3.63) is 47.5 Å². The van der Waals surface area contributed by atoms with Gasteiger partial charge in [-0.05, 0) is 82.6 Å². The van der Waals surface area contributed by atoms with Gasteiger partial charge in [-0.1, -0.05) is 18.2 Å². The summed E-state index contributed by atoms with van der Waals surface area (Å²) >= 11 is 1.31. The molecule has 0 atom stereocenters. The number of carbonyl (C=O) groups excluding carboxylic acids is 1. The van der Waals surface area contributed by atoms with Gasteiger partial charge in [0.2, 0.25) is 0 Å². The average molecular weight is 468 g/mol. The van der Waals surface area contributed by atoms with Gasteiger partial charge in [-0.3, -0.25) is 4.79 Å². The summed E-state index contributed by atoms with van der Waals surface area (Å²) in [5.74, 6) is -0.304. The van der Waals surface area contributed by atoms with Gasteiger partial charge in [0.25, 0.3) is 0 Å². The van der Waals surface area contributed by atoms with Crippen LogP contribution in [0.25, 0.3) is 20.8 Å². The molecule has 0 N–H and O–H groups in total. The van der Waals surface area contributed by atoms with Crippen molar-refractivity contribution in [1.82, 2.24) is 4.98 Å². The molecule has 0 radical (unpaired) electrons. The van der Waals surface area contributed by atoms with Crippen molar-refractivity contribution in [2.45, 2.75) is 63.0 Å². The predicted octanol–water partition coefficient (Wildman–Crippen LogP) is 7.50. The molecule has 1 heterocycles. The summed E-state index contributed by atoms with van der Waals surface area (Å²) in [4.78, 5) is 17.6. The van der Waals surface area contributed by atoms with E-state index in [1.807, 2.05) is 53.7 Å². The number of hydrogen-bond acceptors (Lipinski definition) is 5. The lowest BCUT2D eigenvalue weighted by atomic mass is 9.83. The number of thiazole rings is 1. The minimum absolute atomic E-state index is 0.134. The van der Waals surface area contributed by atoms with Crippen LogP contribution in [0.1, 0.15) is 45.7 Å². The molecular formula is C23H24F3NO2S2. The van der Waals surface area contributed by atoms with Crippen molar-refractivity contribution in [2.24, 2.45) is 0 Å². The van der Waals surface area contributed by atoms with Gasteiger partial charge in [-0.15, -0.1) is 11.3 Å². The fourth-order valence-electron chi connectivity index (χ4n) is 3.00. The third-order valence-corrected chi connectivity index (χ3v) is 6.44. The molecule has 0 aliphatic heterocycles. The van der Waals surface area contributed by atoms with Crippen molar-refractivity contribution in [2.75, 3.05) is 0 Å². The molecular weight excluding hydrogens is 443 g/mol. The van der Waals surface area contributed by atoms with E-state index in [0.29, 0.717) is 5.01 Å². The first-order chi connectivity index (χ1) is 14.2. The average Bonchev–Trinajstić information content (AvgIpc) is 3.04. The summed E-state index contributed by atoms with van der Waals surface area (Å²) in [6.45, 7) is 11.1. The molecule has 0 saturated heterocycles. The lowest BCUT2D eigenvalue weighted by molar-refractivity contribution is -0.160. The van der Waals surface area contributed by atoms with E-state index in [-0.39, 0.29) is 22.6 Å². The van der Waals surface area contributed by atoms with Crippen molar-refractivity contribution < 1.29 is 22.7 Å². The fraction of sp³-hybridized carbons (Fsp3) is 0.391. The molecule has 2 aromatic carbocycles.